The Balaban J connectivity index is 3.30. The molecule has 5 atom stereocenters. The van der Waals surface area contributed by atoms with Crippen LogP contribution >= 0.6 is 0 Å². The molecule has 0 aromatic carbocycles. The van der Waals surface area contributed by atoms with E-state index in [0.717, 1.165) is 0 Å². The maximum atomic E-state index is 9.40. The molecular weight excluding hydrogens is 168 g/mol. The summed E-state index contributed by atoms with van der Waals surface area (Å²) in [4.78, 5) is 0. The van der Waals surface area contributed by atoms with E-state index in [4.69, 9.17) is 10.6 Å². The Morgan fingerprint density at radius 1 is 1.08 bits per heavy atom. The molecule has 0 spiro atoms. The number of hydrogen-bond acceptors (Lipinski definition) is 6. The molecule has 1 saturated heterocycles. The molecule has 12 heavy (non-hydrogen) atoms. The molecule has 1 rings (SSSR count). The molecule has 0 radical (unpaired) electrons. The van der Waals surface area contributed by atoms with Crippen LogP contribution in [0.2, 0.25) is 0 Å². The highest BCUT2D eigenvalue weighted by Gasteiger charge is 2.42. The standard InChI is InChI=1S/C6H12O6/c7-1-2-3(8)4(9)5(10)6(11)12-2/h2-11H,1H2/t2-,3-,4+,5-,6-/m1/s1/i3D,4D,5D,6D. The van der Waals surface area contributed by atoms with Gasteiger partial charge in [0.15, 0.2) is 6.27 Å². The lowest BCUT2D eigenvalue weighted by Crippen LogP contribution is -2.58. The SMILES string of the molecule is [2H][C@@]1(O)[C@@]([2H])(O)[C@]([2H])(O)[C@@H](CO)O[C@@]1([2H])O. The Bertz CT molecular complexity index is 291. The molecule has 72 valence electrons. The van der Waals surface area contributed by atoms with Gasteiger partial charge in [0, 0.05) is 0 Å². The molecule has 6 nitrogen and oxygen atoms in total. The highest BCUT2D eigenvalue weighted by molar-refractivity contribution is 4.87. The molecule has 0 unspecified atom stereocenters. The fourth-order valence-electron chi connectivity index (χ4n) is 0.745. The topological polar surface area (TPSA) is 110 Å². The van der Waals surface area contributed by atoms with E-state index in [9.17, 15) is 20.4 Å². The number of aliphatic hydroxyl groups is 5. The minimum atomic E-state index is -3.69. The van der Waals surface area contributed by atoms with Gasteiger partial charge in [0.05, 0.1) is 12.1 Å². The van der Waals surface area contributed by atoms with Crippen LogP contribution in [0.3, 0.4) is 0 Å². The van der Waals surface area contributed by atoms with Crippen LogP contribution in [0.15, 0.2) is 0 Å². The van der Waals surface area contributed by atoms with Gasteiger partial charge in [-0.25, -0.2) is 0 Å². The second-order valence-electron chi connectivity index (χ2n) is 2.18. The fourth-order valence-corrected chi connectivity index (χ4v) is 0.745. The van der Waals surface area contributed by atoms with E-state index in [1.807, 2.05) is 0 Å². The first-order valence-electron chi connectivity index (χ1n) is 5.10. The smallest absolute Gasteiger partial charge is 0.184 e. The van der Waals surface area contributed by atoms with Gasteiger partial charge in [-0.3, -0.25) is 0 Å². The summed E-state index contributed by atoms with van der Waals surface area (Å²) in [6.45, 7) is -1.10. The average molecular weight is 184 g/mol. The maximum Gasteiger partial charge on any atom is 0.184 e. The Hall–Kier alpha value is -0.240. The second-order valence-corrected chi connectivity index (χ2v) is 2.18. The lowest BCUT2D eigenvalue weighted by Gasteiger charge is -2.37. The van der Waals surface area contributed by atoms with E-state index in [1.54, 1.807) is 0 Å². The third-order valence-corrected chi connectivity index (χ3v) is 1.39. The first kappa shape index (κ1) is 5.48. The Kier molecular flexibility index (Phi) is 1.67. The number of rotatable bonds is 1. The zero-order valence-corrected chi connectivity index (χ0v) is 5.93. The van der Waals surface area contributed by atoms with E-state index >= 15 is 0 Å². The van der Waals surface area contributed by atoms with Crippen molar-refractivity contribution in [2.45, 2.75) is 30.6 Å². The molecule has 5 N–H and O–H groups in total. The van der Waals surface area contributed by atoms with E-state index in [-0.39, 0.29) is 0 Å². The van der Waals surface area contributed by atoms with Crippen molar-refractivity contribution >= 4 is 0 Å². The van der Waals surface area contributed by atoms with E-state index in [1.165, 1.54) is 0 Å². The van der Waals surface area contributed by atoms with Crippen LogP contribution in [0.25, 0.3) is 0 Å². The second kappa shape index (κ2) is 3.65. The van der Waals surface area contributed by atoms with E-state index < -0.39 is 37.2 Å². The first-order chi connectivity index (χ1) is 6.92. The average Bonchev–Trinajstić information content (AvgIpc) is 2.11. The molecule has 1 aliphatic rings. The summed E-state index contributed by atoms with van der Waals surface area (Å²) in [5.74, 6) is 0. The summed E-state index contributed by atoms with van der Waals surface area (Å²) < 4.78 is 32.6. The van der Waals surface area contributed by atoms with Gasteiger partial charge in [0.25, 0.3) is 0 Å². The Morgan fingerprint density at radius 2 is 1.67 bits per heavy atom. The van der Waals surface area contributed by atoms with Crippen molar-refractivity contribution in [3.05, 3.63) is 0 Å². The molecule has 0 bridgehead atoms. The van der Waals surface area contributed by atoms with Crippen molar-refractivity contribution in [1.82, 2.24) is 0 Å². The zero-order chi connectivity index (χ0) is 13.0. The van der Waals surface area contributed by atoms with Crippen molar-refractivity contribution in [3.8, 4) is 0 Å². The summed E-state index contributed by atoms with van der Waals surface area (Å²) in [5.41, 5.74) is 0. The molecule has 6 heteroatoms. The molecule has 0 aromatic rings. The lowest BCUT2D eigenvalue weighted by molar-refractivity contribution is -0.286. The Morgan fingerprint density at radius 3 is 2.17 bits per heavy atom. The molecule has 1 aliphatic heterocycles. The molecule has 1 fully saturated rings. The molecule has 0 aliphatic carbocycles. The minimum absolute atomic E-state index is 1.10. The van der Waals surface area contributed by atoms with Gasteiger partial charge in [-0.05, 0) is 0 Å². The quantitative estimate of drug-likeness (QED) is 0.293. The predicted molar refractivity (Wildman–Crippen MR) is 36.0 cm³/mol. The van der Waals surface area contributed by atoms with Crippen LogP contribution in [0.1, 0.15) is 5.48 Å². The van der Waals surface area contributed by atoms with Gasteiger partial charge in [0.2, 0.25) is 0 Å². The third-order valence-electron chi connectivity index (χ3n) is 1.39. The normalized spacial score (nSPS) is 78.6. The van der Waals surface area contributed by atoms with Crippen LogP contribution in [-0.4, -0.2) is 62.7 Å². The highest BCUT2D eigenvalue weighted by Crippen LogP contribution is 2.18. The number of ether oxygens (including phenoxy) is 1. The summed E-state index contributed by atoms with van der Waals surface area (Å²) in [6.07, 6.45) is -16.1. The van der Waals surface area contributed by atoms with Gasteiger partial charge in [-0.15, -0.1) is 0 Å². The van der Waals surface area contributed by atoms with Gasteiger partial charge in [-0.1, -0.05) is 0 Å². The zero-order valence-electron chi connectivity index (χ0n) is 9.93. The largest absolute Gasteiger partial charge is 0.394 e. The van der Waals surface area contributed by atoms with Crippen molar-refractivity contribution in [1.29, 1.82) is 0 Å². The molecule has 0 amide bonds. The van der Waals surface area contributed by atoms with Crippen LogP contribution in [0.4, 0.5) is 0 Å². The number of aliphatic hydroxyl groups excluding tert-OH is 1. The van der Waals surface area contributed by atoms with Gasteiger partial charge >= 0.3 is 0 Å². The maximum absolute atomic E-state index is 9.40. The van der Waals surface area contributed by atoms with Crippen molar-refractivity contribution in [2.24, 2.45) is 0 Å². The monoisotopic (exact) mass is 184 g/mol. The molecule has 0 saturated carbocycles. The van der Waals surface area contributed by atoms with Gasteiger partial charge < -0.3 is 30.3 Å². The van der Waals surface area contributed by atoms with Crippen molar-refractivity contribution < 1.29 is 35.8 Å². The third kappa shape index (κ3) is 1.58. The fraction of sp³-hybridized carbons (Fsp3) is 1.00. The van der Waals surface area contributed by atoms with Crippen LogP contribution in [-0.2, 0) is 4.74 Å². The van der Waals surface area contributed by atoms with Gasteiger partial charge in [0.1, 0.15) is 24.3 Å². The predicted octanol–water partition coefficient (Wildman–Crippen LogP) is -3.22. The molecular formula is C6H12O6. The number of hydrogen-bond donors (Lipinski definition) is 5. The van der Waals surface area contributed by atoms with E-state index in [0.29, 0.717) is 0 Å². The van der Waals surface area contributed by atoms with Gasteiger partial charge in [-0.2, -0.15) is 0 Å². The summed E-state index contributed by atoms with van der Waals surface area (Å²) >= 11 is 0. The highest BCUT2D eigenvalue weighted by atomic mass is 16.6. The summed E-state index contributed by atoms with van der Waals surface area (Å²) in [7, 11) is 0. The Labute approximate surface area is 74.3 Å². The molecule has 0 aromatic heterocycles. The van der Waals surface area contributed by atoms with E-state index in [2.05, 4.69) is 4.74 Å². The first-order valence-corrected chi connectivity index (χ1v) is 3.10. The summed E-state index contributed by atoms with van der Waals surface area (Å²) in [6, 6.07) is 0. The van der Waals surface area contributed by atoms with Crippen molar-refractivity contribution in [3.63, 3.8) is 0 Å². The van der Waals surface area contributed by atoms with Crippen LogP contribution < -0.4 is 0 Å². The minimum Gasteiger partial charge on any atom is -0.394 e. The molecule has 1 heterocycles. The van der Waals surface area contributed by atoms with Crippen molar-refractivity contribution in [2.75, 3.05) is 6.61 Å². The van der Waals surface area contributed by atoms with Crippen LogP contribution in [0.5, 0.6) is 0 Å². The summed E-state index contributed by atoms with van der Waals surface area (Å²) in [5, 5.41) is 46.0. The lowest BCUT2D eigenvalue weighted by atomic mass is 10.00. The van der Waals surface area contributed by atoms with Crippen LogP contribution in [0, 0.1) is 0 Å².